The van der Waals surface area contributed by atoms with Crippen LogP contribution in [0.2, 0.25) is 0 Å². The van der Waals surface area contributed by atoms with Gasteiger partial charge in [-0.3, -0.25) is 4.79 Å². The van der Waals surface area contributed by atoms with Gasteiger partial charge in [0.2, 0.25) is 11.7 Å². The van der Waals surface area contributed by atoms with Gasteiger partial charge < -0.3 is 28.4 Å². The highest BCUT2D eigenvalue weighted by Crippen LogP contribution is 2.41. The molecule has 1 fully saturated rings. The number of ether oxygens (including phenoxy) is 4. The van der Waals surface area contributed by atoms with Crippen LogP contribution in [0.15, 0.2) is 40.2 Å². The number of aromatic nitrogens is 1. The molecule has 1 aliphatic rings. The van der Waals surface area contributed by atoms with E-state index >= 15 is 0 Å². The fourth-order valence-electron chi connectivity index (χ4n) is 3.90. The summed E-state index contributed by atoms with van der Waals surface area (Å²) < 4.78 is 27.6. The minimum atomic E-state index is 0.0466. The summed E-state index contributed by atoms with van der Waals surface area (Å²) in [5.41, 5.74) is 1.40. The lowest BCUT2D eigenvalue weighted by atomic mass is 10.1. The molecule has 0 aliphatic carbocycles. The summed E-state index contributed by atoms with van der Waals surface area (Å²) in [6.07, 6.45) is 2.39. The van der Waals surface area contributed by atoms with Crippen molar-refractivity contribution in [3.63, 3.8) is 0 Å². The monoisotopic (exact) mass is 472 g/mol. The van der Waals surface area contributed by atoms with E-state index in [1.165, 1.54) is 0 Å². The van der Waals surface area contributed by atoms with Crippen LogP contribution in [0, 0.1) is 0 Å². The lowest BCUT2D eigenvalue weighted by Gasteiger charge is -2.24. The second kappa shape index (κ2) is 10.7. The molecule has 0 spiro atoms. The molecule has 4 rings (SSSR count). The lowest BCUT2D eigenvalue weighted by molar-refractivity contribution is -0.132. The van der Waals surface area contributed by atoms with E-state index in [-0.39, 0.29) is 12.0 Å². The second-order valence-corrected chi connectivity index (χ2v) is 8.79. The number of thiophene rings is 1. The van der Waals surface area contributed by atoms with Gasteiger partial charge in [-0.2, -0.15) is 0 Å². The predicted octanol–water partition coefficient (Wildman–Crippen LogP) is 4.18. The highest BCUT2D eigenvalue weighted by Gasteiger charge is 2.24. The van der Waals surface area contributed by atoms with E-state index in [1.54, 1.807) is 44.8 Å². The van der Waals surface area contributed by atoms with Crippen LogP contribution in [-0.4, -0.2) is 56.5 Å². The number of nitrogens with zero attached hydrogens (tertiary/aromatic N) is 2. The molecule has 8 nitrogen and oxygen atoms in total. The van der Waals surface area contributed by atoms with Crippen molar-refractivity contribution in [1.29, 1.82) is 0 Å². The van der Waals surface area contributed by atoms with Gasteiger partial charge >= 0.3 is 0 Å². The van der Waals surface area contributed by atoms with Gasteiger partial charge in [0.05, 0.1) is 40.4 Å². The maximum atomic E-state index is 13.1. The van der Waals surface area contributed by atoms with Gasteiger partial charge in [-0.05, 0) is 36.4 Å². The summed E-state index contributed by atoms with van der Waals surface area (Å²) in [5, 5.41) is 6.20. The first-order valence-corrected chi connectivity index (χ1v) is 11.7. The van der Waals surface area contributed by atoms with Crippen LogP contribution >= 0.6 is 11.3 Å². The van der Waals surface area contributed by atoms with E-state index < -0.39 is 0 Å². The molecule has 3 aromatic rings. The minimum Gasteiger partial charge on any atom is -0.493 e. The van der Waals surface area contributed by atoms with Crippen molar-refractivity contribution in [3.05, 3.63) is 46.3 Å². The second-order valence-electron chi connectivity index (χ2n) is 7.76. The van der Waals surface area contributed by atoms with Gasteiger partial charge in [-0.15, -0.1) is 11.3 Å². The average molecular weight is 473 g/mol. The molecule has 9 heteroatoms. The van der Waals surface area contributed by atoms with E-state index in [2.05, 4.69) is 5.16 Å². The number of carbonyl (C=O) groups is 1. The summed E-state index contributed by atoms with van der Waals surface area (Å²) in [4.78, 5) is 15.9. The number of hydrogen-bond donors (Lipinski definition) is 0. The molecule has 0 bridgehead atoms. The fourth-order valence-corrected chi connectivity index (χ4v) is 4.60. The van der Waals surface area contributed by atoms with Crippen LogP contribution in [0.4, 0.5) is 0 Å². The molecule has 1 atom stereocenters. The molecule has 1 aliphatic heterocycles. The van der Waals surface area contributed by atoms with Gasteiger partial charge in [-0.25, -0.2) is 0 Å². The standard InChI is InChI=1S/C24H28N2O6S/c1-28-21-10-16(11-22(29-2)24(21)30-3)20-12-17(25-32-20)14-26(15-18-6-4-8-31-18)23(27)13-19-7-5-9-33-19/h5,7,9-12,18H,4,6,8,13-15H2,1-3H3. The normalized spacial score (nSPS) is 15.4. The van der Waals surface area contributed by atoms with Gasteiger partial charge in [0.25, 0.3) is 0 Å². The number of amides is 1. The average Bonchev–Trinajstić information content (AvgIpc) is 3.61. The zero-order valence-corrected chi connectivity index (χ0v) is 19.9. The quantitative estimate of drug-likeness (QED) is 0.438. The first kappa shape index (κ1) is 23.1. The van der Waals surface area contributed by atoms with Gasteiger partial charge in [0.1, 0.15) is 5.69 Å². The van der Waals surface area contributed by atoms with Crippen LogP contribution in [0.5, 0.6) is 17.2 Å². The maximum Gasteiger partial charge on any atom is 0.228 e. The van der Waals surface area contributed by atoms with Crippen LogP contribution in [0.1, 0.15) is 23.4 Å². The Morgan fingerprint density at radius 1 is 1.18 bits per heavy atom. The number of carbonyl (C=O) groups excluding carboxylic acids is 1. The zero-order chi connectivity index (χ0) is 23.2. The Hall–Kier alpha value is -3.04. The lowest BCUT2D eigenvalue weighted by Crippen LogP contribution is -2.37. The van der Waals surface area contributed by atoms with Crippen molar-refractivity contribution in [1.82, 2.24) is 10.1 Å². The highest BCUT2D eigenvalue weighted by atomic mass is 32.1. The topological polar surface area (TPSA) is 83.3 Å². The largest absolute Gasteiger partial charge is 0.493 e. The Morgan fingerprint density at radius 3 is 2.58 bits per heavy atom. The SMILES string of the molecule is COc1cc(-c2cc(CN(CC3CCCO3)C(=O)Cc3cccs3)no2)cc(OC)c1OC. The van der Waals surface area contributed by atoms with Crippen LogP contribution in [0.3, 0.4) is 0 Å². The van der Waals surface area contributed by atoms with Crippen molar-refractivity contribution in [2.75, 3.05) is 34.5 Å². The molecule has 1 unspecified atom stereocenters. The summed E-state index contributed by atoms with van der Waals surface area (Å²) in [5.74, 6) is 2.15. The summed E-state index contributed by atoms with van der Waals surface area (Å²) in [6.45, 7) is 1.63. The van der Waals surface area contributed by atoms with Crippen molar-refractivity contribution >= 4 is 17.2 Å². The molecule has 3 heterocycles. The van der Waals surface area contributed by atoms with E-state index in [0.29, 0.717) is 48.2 Å². The van der Waals surface area contributed by atoms with Crippen molar-refractivity contribution < 1.29 is 28.3 Å². The molecule has 1 saturated heterocycles. The van der Waals surface area contributed by atoms with Crippen LogP contribution in [0.25, 0.3) is 11.3 Å². The Bertz CT molecular complexity index is 1030. The molecule has 33 heavy (non-hydrogen) atoms. The molecule has 0 N–H and O–H groups in total. The Labute approximate surface area is 197 Å². The van der Waals surface area contributed by atoms with E-state index in [0.717, 1.165) is 29.9 Å². The third kappa shape index (κ3) is 5.48. The third-order valence-electron chi connectivity index (χ3n) is 5.57. The number of benzene rings is 1. The summed E-state index contributed by atoms with van der Waals surface area (Å²) in [6, 6.07) is 9.38. The molecule has 176 valence electrons. The molecule has 2 aromatic heterocycles. The van der Waals surface area contributed by atoms with Gasteiger partial charge in [0.15, 0.2) is 17.3 Å². The van der Waals surface area contributed by atoms with E-state index in [1.807, 2.05) is 28.5 Å². The van der Waals surface area contributed by atoms with Crippen molar-refractivity contribution in [3.8, 4) is 28.6 Å². The van der Waals surface area contributed by atoms with Crippen molar-refractivity contribution in [2.45, 2.75) is 31.9 Å². The Balaban J connectivity index is 1.54. The third-order valence-corrected chi connectivity index (χ3v) is 6.44. The van der Waals surface area contributed by atoms with E-state index in [4.69, 9.17) is 23.5 Å². The zero-order valence-electron chi connectivity index (χ0n) is 19.0. The molecule has 1 amide bonds. The summed E-state index contributed by atoms with van der Waals surface area (Å²) >= 11 is 1.58. The number of hydrogen-bond acceptors (Lipinski definition) is 8. The van der Waals surface area contributed by atoms with Crippen molar-refractivity contribution in [2.24, 2.45) is 0 Å². The molecule has 1 aromatic carbocycles. The van der Waals surface area contributed by atoms with Gasteiger partial charge in [0, 0.05) is 29.7 Å². The smallest absolute Gasteiger partial charge is 0.228 e. The number of methoxy groups -OCH3 is 3. The number of rotatable bonds is 10. The maximum absolute atomic E-state index is 13.1. The predicted molar refractivity (Wildman–Crippen MR) is 124 cm³/mol. The fraction of sp³-hybridized carbons (Fsp3) is 0.417. The molecular weight excluding hydrogens is 444 g/mol. The van der Waals surface area contributed by atoms with Crippen LogP contribution < -0.4 is 14.2 Å². The summed E-state index contributed by atoms with van der Waals surface area (Å²) in [7, 11) is 4.69. The van der Waals surface area contributed by atoms with Crippen LogP contribution in [-0.2, 0) is 22.5 Å². The first-order chi connectivity index (χ1) is 16.1. The Morgan fingerprint density at radius 2 is 1.97 bits per heavy atom. The highest BCUT2D eigenvalue weighted by molar-refractivity contribution is 7.10. The molecule has 0 radical (unpaired) electrons. The van der Waals surface area contributed by atoms with E-state index in [9.17, 15) is 4.79 Å². The molecular formula is C24H28N2O6S. The minimum absolute atomic E-state index is 0.0466. The Kier molecular flexibility index (Phi) is 7.51. The first-order valence-electron chi connectivity index (χ1n) is 10.8. The molecule has 0 saturated carbocycles. The van der Waals surface area contributed by atoms with Gasteiger partial charge in [-0.1, -0.05) is 11.2 Å².